The average Bonchev–Trinajstić information content (AvgIpc) is 2.55. The number of likely N-dealkylation sites (N-methyl/N-ethyl adjacent to an activating group) is 2. The molecule has 1 N–H and O–H groups in total. The molecule has 1 fully saturated rings. The molecule has 1 aromatic rings. The smallest absolute Gasteiger partial charge is 0.305 e. The number of aliphatic carboxylic acids is 1. The van der Waals surface area contributed by atoms with E-state index in [1.807, 2.05) is 30.3 Å². The van der Waals surface area contributed by atoms with Crippen molar-refractivity contribution in [1.29, 1.82) is 0 Å². The van der Waals surface area contributed by atoms with Crippen molar-refractivity contribution < 1.29 is 14.7 Å². The molecule has 0 bridgehead atoms. The van der Waals surface area contributed by atoms with Crippen molar-refractivity contribution >= 4 is 11.9 Å². The minimum absolute atomic E-state index is 0.0352. The highest BCUT2D eigenvalue weighted by atomic mass is 16.4. The molecule has 0 aliphatic carbocycles. The predicted molar refractivity (Wildman–Crippen MR) is 88.1 cm³/mol. The van der Waals surface area contributed by atoms with E-state index in [1.54, 1.807) is 7.05 Å². The number of carboxylic acid groups (broad SMARTS) is 1. The summed E-state index contributed by atoms with van der Waals surface area (Å²) < 4.78 is 0. The van der Waals surface area contributed by atoms with Gasteiger partial charge in [0.25, 0.3) is 0 Å². The number of carbonyl (C=O) groups excluding carboxylic acids is 1. The fourth-order valence-corrected chi connectivity index (χ4v) is 2.81. The summed E-state index contributed by atoms with van der Waals surface area (Å²) in [4.78, 5) is 29.6. The molecule has 0 radical (unpaired) electrons. The summed E-state index contributed by atoms with van der Waals surface area (Å²) in [7, 11) is 3.76. The summed E-state index contributed by atoms with van der Waals surface area (Å²) in [6.45, 7) is 3.74. The van der Waals surface area contributed by atoms with Crippen molar-refractivity contribution in [3.8, 4) is 0 Å². The molecule has 1 saturated heterocycles. The van der Waals surface area contributed by atoms with Crippen molar-refractivity contribution in [2.24, 2.45) is 0 Å². The topological polar surface area (TPSA) is 64.1 Å². The van der Waals surface area contributed by atoms with E-state index in [0.717, 1.165) is 31.7 Å². The maximum absolute atomic E-state index is 12.9. The molecule has 1 unspecified atom stereocenters. The van der Waals surface area contributed by atoms with Gasteiger partial charge in [0.15, 0.2) is 0 Å². The van der Waals surface area contributed by atoms with Crippen molar-refractivity contribution in [2.45, 2.75) is 12.5 Å². The molecule has 6 heteroatoms. The number of carboxylic acids is 1. The predicted octanol–water partition coefficient (Wildman–Crippen LogP) is 0.908. The number of carbonyl (C=O) groups is 2. The lowest BCUT2D eigenvalue weighted by Crippen LogP contribution is -2.50. The third-order valence-electron chi connectivity index (χ3n) is 4.29. The van der Waals surface area contributed by atoms with E-state index in [0.29, 0.717) is 0 Å². The van der Waals surface area contributed by atoms with E-state index < -0.39 is 5.97 Å². The summed E-state index contributed by atoms with van der Waals surface area (Å²) in [6, 6.07) is 9.39. The van der Waals surface area contributed by atoms with Gasteiger partial charge in [-0.3, -0.25) is 14.5 Å². The third-order valence-corrected chi connectivity index (χ3v) is 4.29. The Morgan fingerprint density at radius 2 is 1.78 bits per heavy atom. The van der Waals surface area contributed by atoms with Gasteiger partial charge in [0.05, 0.1) is 6.42 Å². The standard InChI is InChI=1S/C17H25N3O3/c1-18-10-12-20(13-11-18)16(14-6-4-3-5-7-14)17(23)19(2)9-8-15(21)22/h3-7,16H,8-13H2,1-2H3,(H,21,22). The molecule has 6 nitrogen and oxygen atoms in total. The van der Waals surface area contributed by atoms with E-state index in [9.17, 15) is 9.59 Å². The van der Waals surface area contributed by atoms with E-state index in [-0.39, 0.29) is 24.9 Å². The average molecular weight is 319 g/mol. The van der Waals surface area contributed by atoms with Gasteiger partial charge < -0.3 is 14.9 Å². The monoisotopic (exact) mass is 319 g/mol. The number of piperazine rings is 1. The Kier molecular flexibility index (Phi) is 6.12. The number of rotatable bonds is 6. The van der Waals surface area contributed by atoms with Crippen molar-refractivity contribution in [3.05, 3.63) is 35.9 Å². The van der Waals surface area contributed by atoms with Gasteiger partial charge in [0.2, 0.25) is 5.91 Å². The third kappa shape index (κ3) is 4.77. The zero-order valence-electron chi connectivity index (χ0n) is 13.8. The summed E-state index contributed by atoms with van der Waals surface area (Å²) >= 11 is 0. The summed E-state index contributed by atoms with van der Waals surface area (Å²) in [5.74, 6) is -0.928. The maximum Gasteiger partial charge on any atom is 0.305 e. The van der Waals surface area contributed by atoms with Crippen LogP contribution < -0.4 is 0 Å². The fraction of sp³-hybridized carbons (Fsp3) is 0.529. The second kappa shape index (κ2) is 8.08. The van der Waals surface area contributed by atoms with Crippen LogP contribution in [0.2, 0.25) is 0 Å². The van der Waals surface area contributed by atoms with Crippen LogP contribution in [0.5, 0.6) is 0 Å². The van der Waals surface area contributed by atoms with Crippen molar-refractivity contribution in [1.82, 2.24) is 14.7 Å². The molecule has 1 aromatic carbocycles. The molecular formula is C17H25N3O3. The van der Waals surface area contributed by atoms with Crippen LogP contribution >= 0.6 is 0 Å². The lowest BCUT2D eigenvalue weighted by Gasteiger charge is -2.38. The molecule has 0 saturated carbocycles. The number of nitrogens with zero attached hydrogens (tertiary/aromatic N) is 3. The van der Waals surface area contributed by atoms with Crippen molar-refractivity contribution in [2.75, 3.05) is 46.8 Å². The fourth-order valence-electron chi connectivity index (χ4n) is 2.81. The number of benzene rings is 1. The van der Waals surface area contributed by atoms with E-state index in [2.05, 4.69) is 16.8 Å². The molecular weight excluding hydrogens is 294 g/mol. The summed E-state index contributed by atoms with van der Waals surface area (Å²) in [5.41, 5.74) is 0.962. The van der Waals surface area contributed by atoms with Crippen LogP contribution in [-0.2, 0) is 9.59 Å². The Morgan fingerprint density at radius 1 is 1.17 bits per heavy atom. The highest BCUT2D eigenvalue weighted by molar-refractivity contribution is 5.83. The van der Waals surface area contributed by atoms with E-state index in [1.165, 1.54) is 4.90 Å². The summed E-state index contributed by atoms with van der Waals surface area (Å²) in [5, 5.41) is 8.82. The van der Waals surface area contributed by atoms with Crippen LogP contribution in [0.3, 0.4) is 0 Å². The minimum Gasteiger partial charge on any atom is -0.481 e. The molecule has 1 aliphatic rings. The van der Waals surface area contributed by atoms with Crippen LogP contribution in [0.4, 0.5) is 0 Å². The van der Waals surface area contributed by atoms with Crippen LogP contribution in [0.1, 0.15) is 18.0 Å². The molecule has 0 spiro atoms. The molecule has 23 heavy (non-hydrogen) atoms. The van der Waals surface area contributed by atoms with Gasteiger partial charge in [-0.05, 0) is 12.6 Å². The maximum atomic E-state index is 12.9. The molecule has 0 aromatic heterocycles. The van der Waals surface area contributed by atoms with Gasteiger partial charge in [0.1, 0.15) is 6.04 Å². The lowest BCUT2D eigenvalue weighted by atomic mass is 10.0. The zero-order chi connectivity index (χ0) is 16.8. The summed E-state index contributed by atoms with van der Waals surface area (Å²) in [6.07, 6.45) is -0.0352. The lowest BCUT2D eigenvalue weighted by molar-refractivity contribution is -0.140. The second-order valence-electron chi connectivity index (χ2n) is 6.06. The molecule has 1 aliphatic heterocycles. The highest BCUT2D eigenvalue weighted by Gasteiger charge is 2.31. The van der Waals surface area contributed by atoms with Crippen LogP contribution in [0.25, 0.3) is 0 Å². The van der Waals surface area contributed by atoms with Crippen molar-refractivity contribution in [3.63, 3.8) is 0 Å². The molecule has 1 amide bonds. The Bertz CT molecular complexity index is 527. The largest absolute Gasteiger partial charge is 0.481 e. The molecule has 1 atom stereocenters. The molecule has 1 heterocycles. The van der Waals surface area contributed by atoms with E-state index >= 15 is 0 Å². The highest BCUT2D eigenvalue weighted by Crippen LogP contribution is 2.24. The first-order chi connectivity index (χ1) is 11.0. The Morgan fingerprint density at radius 3 is 2.35 bits per heavy atom. The first kappa shape index (κ1) is 17.4. The normalized spacial score (nSPS) is 17.7. The van der Waals surface area contributed by atoms with Gasteiger partial charge >= 0.3 is 5.97 Å². The van der Waals surface area contributed by atoms with Gasteiger partial charge in [-0.2, -0.15) is 0 Å². The number of hydrogen-bond acceptors (Lipinski definition) is 4. The van der Waals surface area contributed by atoms with Gasteiger partial charge in [-0.15, -0.1) is 0 Å². The molecule has 2 rings (SSSR count). The van der Waals surface area contributed by atoms with Crippen LogP contribution in [0, 0.1) is 0 Å². The zero-order valence-corrected chi connectivity index (χ0v) is 13.8. The van der Waals surface area contributed by atoms with Crippen LogP contribution in [0.15, 0.2) is 30.3 Å². The first-order valence-corrected chi connectivity index (χ1v) is 7.93. The van der Waals surface area contributed by atoms with E-state index in [4.69, 9.17) is 5.11 Å². The SMILES string of the molecule is CN1CCN(C(C(=O)N(C)CCC(=O)O)c2ccccc2)CC1. The second-order valence-corrected chi connectivity index (χ2v) is 6.06. The quantitative estimate of drug-likeness (QED) is 0.844. The number of hydrogen-bond donors (Lipinski definition) is 1. The Balaban J connectivity index is 2.16. The number of amides is 1. The van der Waals surface area contributed by atoms with Gasteiger partial charge in [-0.25, -0.2) is 0 Å². The Hall–Kier alpha value is -1.92. The Labute approximate surface area is 137 Å². The minimum atomic E-state index is -0.888. The van der Waals surface area contributed by atoms with Crippen LogP contribution in [-0.4, -0.2) is 78.5 Å². The molecule has 126 valence electrons. The van der Waals surface area contributed by atoms with Gasteiger partial charge in [0, 0.05) is 39.8 Å². The first-order valence-electron chi connectivity index (χ1n) is 7.93. The van der Waals surface area contributed by atoms with Gasteiger partial charge in [-0.1, -0.05) is 30.3 Å².